The van der Waals surface area contributed by atoms with Crippen LogP contribution in [0.4, 0.5) is 10.5 Å². The van der Waals surface area contributed by atoms with Crippen LogP contribution in [0.15, 0.2) is 27.7 Å². The number of anilines is 1. The molecule has 0 saturated carbocycles. The second-order valence-corrected chi connectivity index (χ2v) is 9.12. The van der Waals surface area contributed by atoms with E-state index >= 15 is 0 Å². The maximum Gasteiger partial charge on any atom is 0.410 e. The summed E-state index contributed by atoms with van der Waals surface area (Å²) >= 11 is 3.54. The average molecular weight is 408 g/mol. The van der Waals surface area contributed by atoms with Crippen LogP contribution in [0.2, 0.25) is 0 Å². The normalized spacial score (nSPS) is 22.1. The lowest BCUT2D eigenvalue weighted by Gasteiger charge is -2.35. The number of amidine groups is 1. The zero-order valence-corrected chi connectivity index (χ0v) is 17.1. The first-order valence-electron chi connectivity index (χ1n) is 8.73. The number of ether oxygens (including phenoxy) is 1. The van der Waals surface area contributed by atoms with Crippen molar-refractivity contribution in [2.45, 2.75) is 64.6 Å². The largest absolute Gasteiger partial charge is 0.444 e. The molecule has 1 aromatic rings. The van der Waals surface area contributed by atoms with E-state index in [4.69, 9.17) is 9.73 Å². The van der Waals surface area contributed by atoms with Crippen LogP contribution in [0.3, 0.4) is 0 Å². The lowest BCUT2D eigenvalue weighted by atomic mass is 9.91. The molecule has 5 nitrogen and oxygen atoms in total. The molecule has 0 bridgehead atoms. The summed E-state index contributed by atoms with van der Waals surface area (Å²) < 4.78 is 6.60. The molecule has 3 rings (SSSR count). The summed E-state index contributed by atoms with van der Waals surface area (Å²) in [6, 6.07) is 6.12. The van der Waals surface area contributed by atoms with Crippen molar-refractivity contribution in [2.24, 2.45) is 4.99 Å². The lowest BCUT2D eigenvalue weighted by molar-refractivity contribution is 0.0265. The number of fused-ring (bicyclic) bond motifs is 1. The number of nitrogens with zero attached hydrogens (tertiary/aromatic N) is 2. The Morgan fingerprint density at radius 1 is 1.40 bits per heavy atom. The summed E-state index contributed by atoms with van der Waals surface area (Å²) in [6.07, 6.45) is 1.58. The molecule has 25 heavy (non-hydrogen) atoms. The van der Waals surface area contributed by atoms with Crippen LogP contribution >= 0.6 is 15.9 Å². The molecule has 1 amide bonds. The van der Waals surface area contributed by atoms with Crippen LogP contribution in [0.1, 0.15) is 53.0 Å². The summed E-state index contributed by atoms with van der Waals surface area (Å²) in [6.45, 7) is 10.6. The molecule has 0 aliphatic carbocycles. The van der Waals surface area contributed by atoms with Gasteiger partial charge in [0.05, 0.1) is 11.6 Å². The van der Waals surface area contributed by atoms with Gasteiger partial charge in [-0.2, -0.15) is 0 Å². The molecular formula is C19H26BrN3O2. The minimum Gasteiger partial charge on any atom is -0.444 e. The average Bonchev–Trinajstić information content (AvgIpc) is 2.93. The Bertz CT molecular complexity index is 722. The predicted molar refractivity (Wildman–Crippen MR) is 104 cm³/mol. The third-order valence-electron chi connectivity index (χ3n) is 4.50. The number of carbonyl (C=O) groups excluding carboxylic acids is 1. The molecule has 2 aliphatic rings. The monoisotopic (exact) mass is 407 g/mol. The zero-order valence-electron chi connectivity index (χ0n) is 15.5. The molecule has 0 radical (unpaired) electrons. The van der Waals surface area contributed by atoms with E-state index in [2.05, 4.69) is 47.2 Å². The Morgan fingerprint density at radius 3 is 2.80 bits per heavy atom. The summed E-state index contributed by atoms with van der Waals surface area (Å²) in [4.78, 5) is 19.3. The van der Waals surface area contributed by atoms with Crippen LogP contribution in [0.5, 0.6) is 0 Å². The number of likely N-dealkylation sites (tertiary alicyclic amines) is 1. The standard InChI is InChI=1S/C19H26BrN3O2/c1-18(2,3)25-17(24)23-10-6-7-15(23)16-21-14-11-12(20)8-9-13(14)19(4,5)22-16/h8-9,11,15H,6-7,10H2,1-5H3,(H,21,22). The van der Waals surface area contributed by atoms with Gasteiger partial charge < -0.3 is 10.1 Å². The third kappa shape index (κ3) is 3.84. The van der Waals surface area contributed by atoms with E-state index in [-0.39, 0.29) is 17.7 Å². The van der Waals surface area contributed by atoms with Crippen molar-refractivity contribution in [3.8, 4) is 0 Å². The molecule has 2 heterocycles. The number of benzene rings is 1. The van der Waals surface area contributed by atoms with Crippen molar-refractivity contribution in [1.82, 2.24) is 4.90 Å². The molecule has 0 aromatic heterocycles. The summed E-state index contributed by atoms with van der Waals surface area (Å²) in [5, 5.41) is 3.45. The van der Waals surface area contributed by atoms with Gasteiger partial charge in [-0.3, -0.25) is 9.89 Å². The number of halogens is 1. The van der Waals surface area contributed by atoms with E-state index in [9.17, 15) is 4.79 Å². The van der Waals surface area contributed by atoms with Gasteiger partial charge in [-0.05, 0) is 59.6 Å². The smallest absolute Gasteiger partial charge is 0.410 e. The van der Waals surface area contributed by atoms with Crippen molar-refractivity contribution in [3.63, 3.8) is 0 Å². The molecule has 0 spiro atoms. The van der Waals surface area contributed by atoms with Crippen molar-refractivity contribution >= 4 is 33.5 Å². The van der Waals surface area contributed by atoms with Gasteiger partial charge in [0.25, 0.3) is 0 Å². The summed E-state index contributed by atoms with van der Waals surface area (Å²) in [5.74, 6) is 0.846. The summed E-state index contributed by atoms with van der Waals surface area (Å²) in [5.41, 5.74) is 1.36. The van der Waals surface area contributed by atoms with Gasteiger partial charge in [-0.1, -0.05) is 22.0 Å². The van der Waals surface area contributed by atoms with Crippen LogP contribution < -0.4 is 5.32 Å². The van der Waals surface area contributed by atoms with Crippen molar-refractivity contribution in [2.75, 3.05) is 11.9 Å². The number of rotatable bonds is 1. The molecule has 6 heteroatoms. The van der Waals surface area contributed by atoms with E-state index in [1.165, 1.54) is 0 Å². The quantitative estimate of drug-likeness (QED) is 0.719. The predicted octanol–water partition coefficient (Wildman–Crippen LogP) is 4.91. The highest BCUT2D eigenvalue weighted by molar-refractivity contribution is 9.10. The topological polar surface area (TPSA) is 53.9 Å². The lowest BCUT2D eigenvalue weighted by Crippen LogP contribution is -2.47. The first kappa shape index (κ1) is 18.2. The van der Waals surface area contributed by atoms with Gasteiger partial charge >= 0.3 is 6.09 Å². The van der Waals surface area contributed by atoms with Crippen LogP contribution in [0.25, 0.3) is 0 Å². The number of hydrogen-bond acceptors (Lipinski definition) is 4. The Balaban J connectivity index is 1.88. The number of amides is 1. The molecule has 136 valence electrons. The molecule has 1 atom stereocenters. The van der Waals surface area contributed by atoms with E-state index in [0.717, 1.165) is 34.4 Å². The van der Waals surface area contributed by atoms with Crippen molar-refractivity contribution < 1.29 is 9.53 Å². The molecule has 1 aromatic carbocycles. The Kier molecular flexibility index (Phi) is 4.60. The van der Waals surface area contributed by atoms with Gasteiger partial charge in [-0.25, -0.2) is 4.79 Å². The SMILES string of the molecule is CC(C)(C)OC(=O)N1CCCC1C1=NC(C)(C)c2ccc(Br)cc2N1. The Morgan fingerprint density at radius 2 is 2.12 bits per heavy atom. The second-order valence-electron chi connectivity index (χ2n) is 8.20. The molecule has 1 fully saturated rings. The van der Waals surface area contributed by atoms with E-state index in [1.54, 1.807) is 4.90 Å². The number of aliphatic imine (C=N–C) groups is 1. The number of hydrogen-bond donors (Lipinski definition) is 1. The van der Waals surface area contributed by atoms with Gasteiger partial charge in [0.2, 0.25) is 0 Å². The molecule has 1 saturated heterocycles. The fourth-order valence-electron chi connectivity index (χ4n) is 3.43. The highest BCUT2D eigenvalue weighted by atomic mass is 79.9. The van der Waals surface area contributed by atoms with Gasteiger partial charge in [0, 0.05) is 22.3 Å². The maximum absolute atomic E-state index is 12.6. The van der Waals surface area contributed by atoms with Gasteiger partial charge in [0.15, 0.2) is 0 Å². The van der Waals surface area contributed by atoms with Gasteiger partial charge in [0.1, 0.15) is 11.4 Å². The first-order valence-corrected chi connectivity index (χ1v) is 9.52. The number of carbonyl (C=O) groups is 1. The van der Waals surface area contributed by atoms with E-state index < -0.39 is 5.60 Å². The fourth-order valence-corrected chi connectivity index (χ4v) is 3.79. The minimum atomic E-state index is -0.497. The van der Waals surface area contributed by atoms with Crippen LogP contribution in [-0.4, -0.2) is 35.0 Å². The van der Waals surface area contributed by atoms with Gasteiger partial charge in [-0.15, -0.1) is 0 Å². The third-order valence-corrected chi connectivity index (χ3v) is 4.99. The highest BCUT2D eigenvalue weighted by Gasteiger charge is 2.39. The molecule has 1 N–H and O–H groups in total. The van der Waals surface area contributed by atoms with Crippen molar-refractivity contribution in [3.05, 3.63) is 28.2 Å². The molecule has 1 unspecified atom stereocenters. The first-order chi connectivity index (χ1) is 11.6. The summed E-state index contributed by atoms with van der Waals surface area (Å²) in [7, 11) is 0. The Labute approximate surface area is 158 Å². The number of nitrogens with one attached hydrogen (secondary N) is 1. The van der Waals surface area contributed by atoms with Crippen LogP contribution in [0, 0.1) is 0 Å². The molecule has 2 aliphatic heterocycles. The maximum atomic E-state index is 12.6. The molecular weight excluding hydrogens is 382 g/mol. The fraction of sp³-hybridized carbons (Fsp3) is 0.579. The van der Waals surface area contributed by atoms with E-state index in [0.29, 0.717) is 6.54 Å². The zero-order chi connectivity index (χ0) is 18.4. The highest BCUT2D eigenvalue weighted by Crippen LogP contribution is 2.38. The van der Waals surface area contributed by atoms with Crippen molar-refractivity contribution in [1.29, 1.82) is 0 Å². The Hall–Kier alpha value is -1.56. The second kappa shape index (κ2) is 6.31. The van der Waals surface area contributed by atoms with E-state index in [1.807, 2.05) is 26.8 Å². The van der Waals surface area contributed by atoms with Crippen LogP contribution in [-0.2, 0) is 10.3 Å². The minimum absolute atomic E-state index is 0.0683.